The number of aryl methyl sites for hydroxylation is 2. The van der Waals surface area contributed by atoms with E-state index >= 15 is 0 Å². The zero-order valence-corrected chi connectivity index (χ0v) is 18.7. The average Bonchev–Trinajstić information content (AvgIpc) is 3.29. The maximum absolute atomic E-state index is 12.9. The van der Waals surface area contributed by atoms with Crippen LogP contribution in [0.25, 0.3) is 15.5 Å². The predicted octanol–water partition coefficient (Wildman–Crippen LogP) is 5.29. The van der Waals surface area contributed by atoms with Crippen molar-refractivity contribution in [3.05, 3.63) is 57.3 Å². The molecule has 4 rings (SSSR count). The van der Waals surface area contributed by atoms with E-state index in [9.17, 15) is 4.79 Å². The summed E-state index contributed by atoms with van der Waals surface area (Å²) in [7, 11) is 1.45. The molecule has 0 aliphatic carbocycles. The Morgan fingerprint density at radius 3 is 2.77 bits per heavy atom. The van der Waals surface area contributed by atoms with Crippen molar-refractivity contribution in [1.29, 1.82) is 0 Å². The number of rotatable bonds is 5. The normalized spacial score (nSPS) is 11.1. The first-order valence-corrected chi connectivity index (χ1v) is 10.6. The predicted molar refractivity (Wildman–Crippen MR) is 119 cm³/mol. The number of methoxy groups -OCH3 is 1. The number of amides is 1. The second-order valence-electron chi connectivity index (χ2n) is 6.52. The van der Waals surface area contributed by atoms with Crippen LogP contribution in [0.1, 0.15) is 28.7 Å². The Morgan fingerprint density at radius 2 is 2.03 bits per heavy atom. The van der Waals surface area contributed by atoms with E-state index in [0.29, 0.717) is 10.7 Å². The molecule has 2 aromatic carbocycles. The van der Waals surface area contributed by atoms with Crippen molar-refractivity contribution in [1.82, 2.24) is 19.8 Å². The first-order chi connectivity index (χ1) is 14.4. The van der Waals surface area contributed by atoms with Crippen LogP contribution in [-0.4, -0.2) is 32.8 Å². The highest BCUT2D eigenvalue weighted by Crippen LogP contribution is 2.34. The van der Waals surface area contributed by atoms with Crippen LogP contribution in [0.3, 0.4) is 0 Å². The maximum atomic E-state index is 12.9. The van der Waals surface area contributed by atoms with Crippen LogP contribution in [-0.2, 0) is 6.42 Å². The second-order valence-corrected chi connectivity index (χ2v) is 8.32. The van der Waals surface area contributed by atoms with Crippen LogP contribution < -0.4 is 10.1 Å². The molecule has 0 unspecified atom stereocenters. The summed E-state index contributed by atoms with van der Waals surface area (Å²) < 4.78 is 7.03. The minimum atomic E-state index is -0.372. The number of ether oxygens (including phenoxy) is 1. The fourth-order valence-corrected chi connectivity index (χ4v) is 4.44. The standard InChI is InChI=1S/C20H17Cl2N5O2S/c1-4-16-24-25-20-27(16)26-19(30-20)11-6-5-10(2)15(7-11)23-18(28)13-8-12(21)9-14(22)17(13)29-3/h5-9H,4H2,1-3H3,(H,23,28). The molecule has 0 aliphatic rings. The summed E-state index contributed by atoms with van der Waals surface area (Å²) in [6, 6.07) is 8.82. The molecule has 4 aromatic rings. The Labute approximate surface area is 186 Å². The summed E-state index contributed by atoms with van der Waals surface area (Å²) in [6.45, 7) is 3.92. The van der Waals surface area contributed by atoms with E-state index < -0.39 is 0 Å². The van der Waals surface area contributed by atoms with Gasteiger partial charge >= 0.3 is 0 Å². The number of halogens is 2. The summed E-state index contributed by atoms with van der Waals surface area (Å²) in [5, 5.41) is 17.2. The SMILES string of the molecule is CCc1nnc2sc(-c3ccc(C)c(NC(=O)c4cc(Cl)cc(Cl)c4OC)c3)nn12. The molecule has 154 valence electrons. The molecule has 0 saturated carbocycles. The number of nitrogens with one attached hydrogen (secondary N) is 1. The maximum Gasteiger partial charge on any atom is 0.259 e. The lowest BCUT2D eigenvalue weighted by Crippen LogP contribution is -2.14. The molecule has 0 radical (unpaired) electrons. The topological polar surface area (TPSA) is 81.4 Å². The van der Waals surface area contributed by atoms with Crippen molar-refractivity contribution in [2.75, 3.05) is 12.4 Å². The Hall–Kier alpha value is -2.68. The Morgan fingerprint density at radius 1 is 1.23 bits per heavy atom. The zero-order valence-electron chi connectivity index (χ0n) is 16.4. The van der Waals surface area contributed by atoms with Crippen LogP contribution in [0, 0.1) is 6.92 Å². The molecule has 0 saturated heterocycles. The first-order valence-electron chi connectivity index (χ1n) is 9.07. The number of hydrogen-bond donors (Lipinski definition) is 1. The van der Waals surface area contributed by atoms with Gasteiger partial charge in [-0.25, -0.2) is 0 Å². The number of fused-ring (bicyclic) bond motifs is 1. The van der Waals surface area contributed by atoms with E-state index in [1.165, 1.54) is 30.6 Å². The van der Waals surface area contributed by atoms with Crippen LogP contribution in [0.5, 0.6) is 5.75 Å². The third-order valence-corrected chi connectivity index (χ3v) is 6.01. The highest BCUT2D eigenvalue weighted by atomic mass is 35.5. The molecular formula is C20H17Cl2N5O2S. The Kier molecular flexibility index (Phi) is 5.64. The summed E-state index contributed by atoms with van der Waals surface area (Å²) >= 11 is 13.7. The molecule has 10 heteroatoms. The molecule has 0 aliphatic heterocycles. The number of aromatic nitrogens is 4. The highest BCUT2D eigenvalue weighted by molar-refractivity contribution is 7.19. The van der Waals surface area contributed by atoms with E-state index in [0.717, 1.165) is 33.3 Å². The van der Waals surface area contributed by atoms with Crippen molar-refractivity contribution >= 4 is 51.1 Å². The number of anilines is 1. The number of hydrogen-bond acceptors (Lipinski definition) is 6. The molecule has 0 atom stereocenters. The fraction of sp³-hybridized carbons (Fsp3) is 0.200. The van der Waals surface area contributed by atoms with Gasteiger partial charge in [0.2, 0.25) is 4.96 Å². The smallest absolute Gasteiger partial charge is 0.259 e. The number of carbonyl (C=O) groups is 1. The lowest BCUT2D eigenvalue weighted by atomic mass is 10.1. The summed E-state index contributed by atoms with van der Waals surface area (Å²) in [4.78, 5) is 13.7. The molecule has 0 bridgehead atoms. The van der Waals surface area contributed by atoms with Gasteiger partial charge in [-0.05, 0) is 30.7 Å². The largest absolute Gasteiger partial charge is 0.494 e. The zero-order chi connectivity index (χ0) is 21.4. The van der Waals surface area contributed by atoms with Gasteiger partial charge < -0.3 is 10.1 Å². The molecule has 30 heavy (non-hydrogen) atoms. The van der Waals surface area contributed by atoms with Gasteiger partial charge in [-0.2, -0.15) is 9.61 Å². The van der Waals surface area contributed by atoms with E-state index in [4.69, 9.17) is 27.9 Å². The van der Waals surface area contributed by atoms with Gasteiger partial charge in [-0.3, -0.25) is 4.79 Å². The molecule has 2 heterocycles. The minimum Gasteiger partial charge on any atom is -0.494 e. The third-order valence-electron chi connectivity index (χ3n) is 4.56. The fourth-order valence-electron chi connectivity index (χ4n) is 3.01. The third kappa shape index (κ3) is 3.74. The quantitative estimate of drug-likeness (QED) is 0.436. The van der Waals surface area contributed by atoms with Gasteiger partial charge in [0, 0.05) is 22.7 Å². The molecule has 0 fully saturated rings. The first kappa shape index (κ1) is 20.6. The van der Waals surface area contributed by atoms with E-state index in [1.807, 2.05) is 32.0 Å². The molecule has 7 nitrogen and oxygen atoms in total. The summed E-state index contributed by atoms with van der Waals surface area (Å²) in [6.07, 6.45) is 0.740. The van der Waals surface area contributed by atoms with Gasteiger partial charge in [0.15, 0.2) is 5.82 Å². The average molecular weight is 462 g/mol. The Bertz CT molecular complexity index is 1270. The van der Waals surface area contributed by atoms with Gasteiger partial charge in [0.25, 0.3) is 5.91 Å². The molecule has 1 amide bonds. The number of nitrogens with zero attached hydrogens (tertiary/aromatic N) is 4. The van der Waals surface area contributed by atoms with E-state index in [2.05, 4.69) is 20.6 Å². The van der Waals surface area contributed by atoms with Crippen LogP contribution in [0.2, 0.25) is 10.0 Å². The van der Waals surface area contributed by atoms with Crippen molar-refractivity contribution in [3.63, 3.8) is 0 Å². The van der Waals surface area contributed by atoms with Gasteiger partial charge in [0.1, 0.15) is 10.8 Å². The van der Waals surface area contributed by atoms with Crippen molar-refractivity contribution in [3.8, 4) is 16.3 Å². The van der Waals surface area contributed by atoms with Gasteiger partial charge in [0.05, 0.1) is 17.7 Å². The van der Waals surface area contributed by atoms with Crippen LogP contribution in [0.15, 0.2) is 30.3 Å². The van der Waals surface area contributed by atoms with Crippen molar-refractivity contribution < 1.29 is 9.53 Å². The lowest BCUT2D eigenvalue weighted by Gasteiger charge is -2.13. The highest BCUT2D eigenvalue weighted by Gasteiger charge is 2.19. The lowest BCUT2D eigenvalue weighted by molar-refractivity contribution is 0.102. The van der Waals surface area contributed by atoms with E-state index in [1.54, 1.807) is 4.52 Å². The van der Waals surface area contributed by atoms with Gasteiger partial charge in [-0.1, -0.05) is 53.6 Å². The van der Waals surface area contributed by atoms with Gasteiger partial charge in [-0.15, -0.1) is 10.2 Å². The monoisotopic (exact) mass is 461 g/mol. The molecule has 2 aromatic heterocycles. The van der Waals surface area contributed by atoms with Crippen LogP contribution >= 0.6 is 34.5 Å². The van der Waals surface area contributed by atoms with Crippen molar-refractivity contribution in [2.24, 2.45) is 0 Å². The minimum absolute atomic E-state index is 0.256. The summed E-state index contributed by atoms with van der Waals surface area (Å²) in [5.41, 5.74) is 2.67. The van der Waals surface area contributed by atoms with Crippen molar-refractivity contribution in [2.45, 2.75) is 20.3 Å². The second kappa shape index (κ2) is 8.22. The molecular weight excluding hydrogens is 445 g/mol. The van der Waals surface area contributed by atoms with E-state index in [-0.39, 0.29) is 22.2 Å². The summed E-state index contributed by atoms with van der Waals surface area (Å²) in [5.74, 6) is 0.703. The molecule has 0 spiro atoms. The number of carbonyl (C=O) groups excluding carboxylic acids is 1. The molecule has 1 N–H and O–H groups in total. The number of benzene rings is 2. The van der Waals surface area contributed by atoms with Crippen LogP contribution in [0.4, 0.5) is 5.69 Å². The Balaban J connectivity index is 1.68.